The Labute approximate surface area is 192 Å². The highest BCUT2D eigenvalue weighted by Gasteiger charge is 2.28. The Kier molecular flexibility index (Phi) is 6.36. The normalized spacial score (nSPS) is 13.3. The van der Waals surface area contributed by atoms with Gasteiger partial charge in [0, 0.05) is 17.7 Å². The minimum atomic E-state index is -0.214. The molecule has 0 N–H and O–H groups in total. The number of methoxy groups -OCH3 is 3. The van der Waals surface area contributed by atoms with Gasteiger partial charge in [-0.2, -0.15) is 0 Å². The van der Waals surface area contributed by atoms with Crippen LogP contribution in [0.2, 0.25) is 0 Å². The van der Waals surface area contributed by atoms with Gasteiger partial charge in [-0.25, -0.2) is 0 Å². The van der Waals surface area contributed by atoms with Crippen molar-refractivity contribution in [3.8, 4) is 28.7 Å². The van der Waals surface area contributed by atoms with E-state index in [4.69, 9.17) is 23.7 Å². The summed E-state index contributed by atoms with van der Waals surface area (Å²) in [7, 11) is 4.64. The summed E-state index contributed by atoms with van der Waals surface area (Å²) >= 11 is 0. The van der Waals surface area contributed by atoms with Gasteiger partial charge in [-0.1, -0.05) is 36.9 Å². The zero-order valence-corrected chi connectivity index (χ0v) is 18.7. The van der Waals surface area contributed by atoms with Gasteiger partial charge in [-0.3, -0.25) is 4.79 Å². The molecule has 1 aliphatic rings. The molecule has 6 nitrogen and oxygen atoms in total. The van der Waals surface area contributed by atoms with Crippen LogP contribution < -0.4 is 23.7 Å². The maximum Gasteiger partial charge on any atom is 0.231 e. The molecule has 0 aromatic heterocycles. The smallest absolute Gasteiger partial charge is 0.231 e. The molecule has 3 aromatic rings. The molecule has 0 amide bonds. The first-order valence-electron chi connectivity index (χ1n) is 10.3. The Hall–Kier alpha value is -4.19. The van der Waals surface area contributed by atoms with Gasteiger partial charge in [0.1, 0.15) is 23.9 Å². The molecule has 0 saturated carbocycles. The van der Waals surface area contributed by atoms with Gasteiger partial charge in [0.2, 0.25) is 5.78 Å². The van der Waals surface area contributed by atoms with Crippen LogP contribution in [-0.4, -0.2) is 27.1 Å². The number of carbonyl (C=O) groups excluding carboxylic acids is 1. The molecule has 3 aromatic carbocycles. The third kappa shape index (κ3) is 4.55. The molecule has 0 atom stereocenters. The summed E-state index contributed by atoms with van der Waals surface area (Å²) in [6, 6.07) is 16.6. The molecule has 1 aliphatic heterocycles. The lowest BCUT2D eigenvalue weighted by Gasteiger charge is -2.12. The summed E-state index contributed by atoms with van der Waals surface area (Å²) in [5, 5.41) is 0. The van der Waals surface area contributed by atoms with Crippen molar-refractivity contribution >= 4 is 17.9 Å². The van der Waals surface area contributed by atoms with E-state index < -0.39 is 0 Å². The van der Waals surface area contributed by atoms with Crippen LogP contribution in [0.1, 0.15) is 27.0 Å². The van der Waals surface area contributed by atoms with E-state index in [1.165, 1.54) is 0 Å². The highest BCUT2D eigenvalue weighted by Crippen LogP contribution is 2.39. The fourth-order valence-corrected chi connectivity index (χ4v) is 3.48. The fourth-order valence-electron chi connectivity index (χ4n) is 3.48. The van der Waals surface area contributed by atoms with Crippen molar-refractivity contribution < 1.29 is 28.5 Å². The third-order valence-corrected chi connectivity index (χ3v) is 5.28. The van der Waals surface area contributed by atoms with Gasteiger partial charge in [-0.15, -0.1) is 0 Å². The molecule has 0 fully saturated rings. The summed E-state index contributed by atoms with van der Waals surface area (Å²) < 4.78 is 27.9. The lowest BCUT2D eigenvalue weighted by molar-refractivity contribution is 0.101. The molecule has 0 bridgehead atoms. The summed E-state index contributed by atoms with van der Waals surface area (Å²) in [6.07, 6.45) is 3.42. The van der Waals surface area contributed by atoms with Crippen LogP contribution in [0.4, 0.5) is 0 Å². The van der Waals surface area contributed by atoms with Gasteiger partial charge in [-0.05, 0) is 35.4 Å². The van der Waals surface area contributed by atoms with E-state index in [1.807, 2.05) is 24.3 Å². The maximum absolute atomic E-state index is 12.9. The van der Waals surface area contributed by atoms with E-state index in [9.17, 15) is 4.79 Å². The number of benzene rings is 3. The molecule has 4 rings (SSSR count). The molecule has 0 radical (unpaired) electrons. The van der Waals surface area contributed by atoms with E-state index in [0.29, 0.717) is 46.5 Å². The standard InChI is InChI=1S/C27H24O6/c1-5-17-6-8-18(9-7-17)16-32-20-10-11-21-23(14-20)33-26(27(21)28)13-19-12-24(30-3)25(31-4)15-22(19)29-2/h5-15H,1,16H2,2-4H3. The first-order chi connectivity index (χ1) is 16.1. The first-order valence-corrected chi connectivity index (χ1v) is 10.3. The SMILES string of the molecule is C=Cc1ccc(COc2ccc3c(c2)OC(=Cc2cc(OC)c(OC)cc2OC)C3=O)cc1. The number of hydrogen-bond donors (Lipinski definition) is 0. The van der Waals surface area contributed by atoms with Crippen molar-refractivity contribution in [2.75, 3.05) is 21.3 Å². The number of allylic oxidation sites excluding steroid dienone is 1. The number of ketones is 1. The van der Waals surface area contributed by atoms with Crippen LogP contribution >= 0.6 is 0 Å². The van der Waals surface area contributed by atoms with Crippen LogP contribution in [0.15, 0.2) is 66.9 Å². The van der Waals surface area contributed by atoms with Crippen molar-refractivity contribution in [1.29, 1.82) is 0 Å². The van der Waals surface area contributed by atoms with Gasteiger partial charge in [0.15, 0.2) is 17.3 Å². The second kappa shape index (κ2) is 9.53. The van der Waals surface area contributed by atoms with E-state index in [0.717, 1.165) is 11.1 Å². The van der Waals surface area contributed by atoms with Crippen molar-refractivity contribution in [2.45, 2.75) is 6.61 Å². The van der Waals surface area contributed by atoms with Gasteiger partial charge in [0.25, 0.3) is 0 Å². The van der Waals surface area contributed by atoms with E-state index in [2.05, 4.69) is 6.58 Å². The number of fused-ring (bicyclic) bond motifs is 1. The topological polar surface area (TPSA) is 63.2 Å². The number of ether oxygens (including phenoxy) is 5. The first kappa shape index (κ1) is 22.0. The molecule has 6 heteroatoms. The lowest BCUT2D eigenvalue weighted by Crippen LogP contribution is -2.00. The molecule has 1 heterocycles. The van der Waals surface area contributed by atoms with Gasteiger partial charge >= 0.3 is 0 Å². The van der Waals surface area contributed by atoms with Crippen LogP contribution in [0.3, 0.4) is 0 Å². The molecule has 0 unspecified atom stereocenters. The second-order valence-corrected chi connectivity index (χ2v) is 7.28. The number of Topliss-reactive ketones (excluding diaryl/α,β-unsaturated/α-hetero) is 1. The van der Waals surface area contributed by atoms with Crippen molar-refractivity contribution in [2.24, 2.45) is 0 Å². The highest BCUT2D eigenvalue weighted by molar-refractivity contribution is 6.14. The molecule has 0 aliphatic carbocycles. The Bertz CT molecular complexity index is 1220. The van der Waals surface area contributed by atoms with Crippen molar-refractivity contribution in [3.05, 3.63) is 89.2 Å². The maximum atomic E-state index is 12.9. The molecule has 168 valence electrons. The van der Waals surface area contributed by atoms with Gasteiger partial charge < -0.3 is 23.7 Å². The largest absolute Gasteiger partial charge is 0.496 e. The quantitative estimate of drug-likeness (QED) is 0.425. The molecule has 33 heavy (non-hydrogen) atoms. The van der Waals surface area contributed by atoms with Crippen LogP contribution in [-0.2, 0) is 6.61 Å². The fraction of sp³-hybridized carbons (Fsp3) is 0.148. The Morgan fingerprint density at radius 2 is 1.58 bits per heavy atom. The minimum Gasteiger partial charge on any atom is -0.496 e. The minimum absolute atomic E-state index is 0.188. The number of carbonyl (C=O) groups is 1. The zero-order valence-electron chi connectivity index (χ0n) is 18.7. The third-order valence-electron chi connectivity index (χ3n) is 5.28. The molecular formula is C27H24O6. The van der Waals surface area contributed by atoms with Gasteiger partial charge in [0.05, 0.1) is 26.9 Å². The highest BCUT2D eigenvalue weighted by atomic mass is 16.5. The van der Waals surface area contributed by atoms with Crippen molar-refractivity contribution in [3.63, 3.8) is 0 Å². The molecular weight excluding hydrogens is 420 g/mol. The monoisotopic (exact) mass is 444 g/mol. The Morgan fingerprint density at radius 3 is 2.24 bits per heavy atom. The van der Waals surface area contributed by atoms with Crippen LogP contribution in [0, 0.1) is 0 Å². The average Bonchev–Trinajstić information content (AvgIpc) is 3.16. The predicted molar refractivity (Wildman–Crippen MR) is 126 cm³/mol. The summed E-state index contributed by atoms with van der Waals surface area (Å²) in [4.78, 5) is 12.9. The van der Waals surface area contributed by atoms with Crippen LogP contribution in [0.25, 0.3) is 12.2 Å². The van der Waals surface area contributed by atoms with E-state index >= 15 is 0 Å². The Morgan fingerprint density at radius 1 is 0.879 bits per heavy atom. The predicted octanol–water partition coefficient (Wildman–Crippen LogP) is 5.55. The van der Waals surface area contributed by atoms with Crippen LogP contribution in [0.5, 0.6) is 28.7 Å². The second-order valence-electron chi connectivity index (χ2n) is 7.28. The van der Waals surface area contributed by atoms with Crippen molar-refractivity contribution in [1.82, 2.24) is 0 Å². The molecule has 0 saturated heterocycles. The summed E-state index contributed by atoms with van der Waals surface area (Å²) in [5.41, 5.74) is 3.18. The summed E-state index contributed by atoms with van der Waals surface area (Å²) in [5.74, 6) is 2.61. The zero-order chi connectivity index (χ0) is 23.4. The summed E-state index contributed by atoms with van der Waals surface area (Å²) in [6.45, 7) is 4.15. The number of hydrogen-bond acceptors (Lipinski definition) is 6. The van der Waals surface area contributed by atoms with E-state index in [1.54, 1.807) is 63.8 Å². The van der Waals surface area contributed by atoms with E-state index in [-0.39, 0.29) is 11.5 Å². The lowest BCUT2D eigenvalue weighted by atomic mass is 10.1. The average molecular weight is 444 g/mol. The number of rotatable bonds is 8. The molecule has 0 spiro atoms. The Balaban J connectivity index is 1.55.